The van der Waals surface area contributed by atoms with Crippen LogP contribution in [0, 0.1) is 5.92 Å². The minimum absolute atomic E-state index is 0.0283. The number of ether oxygens (including phenoxy) is 1. The predicted molar refractivity (Wildman–Crippen MR) is 109 cm³/mol. The SMILES string of the molecule is CCCOc1ccc(CNC(=O)C2CC(=O)N(c3ccccc3Br)C2)cc1. The van der Waals surface area contributed by atoms with Crippen molar-refractivity contribution in [3.8, 4) is 5.75 Å². The molecular weight excluding hydrogens is 408 g/mol. The van der Waals surface area contributed by atoms with Crippen LogP contribution >= 0.6 is 15.9 Å². The molecule has 0 aromatic heterocycles. The monoisotopic (exact) mass is 430 g/mol. The summed E-state index contributed by atoms with van der Waals surface area (Å²) in [5, 5.41) is 2.94. The van der Waals surface area contributed by atoms with Crippen LogP contribution in [-0.2, 0) is 16.1 Å². The van der Waals surface area contributed by atoms with Crippen LogP contribution in [0.2, 0.25) is 0 Å². The molecule has 1 atom stereocenters. The minimum atomic E-state index is -0.336. The fourth-order valence-corrected chi connectivity index (χ4v) is 3.54. The summed E-state index contributed by atoms with van der Waals surface area (Å²) < 4.78 is 6.41. The maximum Gasteiger partial charge on any atom is 0.227 e. The van der Waals surface area contributed by atoms with Crippen molar-refractivity contribution in [3.63, 3.8) is 0 Å². The number of hydrogen-bond donors (Lipinski definition) is 1. The Bertz CT molecular complexity index is 807. The first-order valence-electron chi connectivity index (χ1n) is 9.13. The molecule has 1 aliphatic heterocycles. The molecule has 0 aliphatic carbocycles. The minimum Gasteiger partial charge on any atom is -0.494 e. The van der Waals surface area contributed by atoms with Crippen molar-refractivity contribution >= 4 is 33.4 Å². The van der Waals surface area contributed by atoms with Crippen molar-refractivity contribution in [2.45, 2.75) is 26.3 Å². The number of amides is 2. The third kappa shape index (κ3) is 4.89. The largest absolute Gasteiger partial charge is 0.494 e. The van der Waals surface area contributed by atoms with Crippen LogP contribution in [0.5, 0.6) is 5.75 Å². The predicted octanol–water partition coefficient (Wildman–Crippen LogP) is 3.91. The zero-order valence-electron chi connectivity index (χ0n) is 15.3. The van der Waals surface area contributed by atoms with Gasteiger partial charge in [0, 0.05) is 24.0 Å². The molecule has 1 unspecified atom stereocenters. The van der Waals surface area contributed by atoms with E-state index in [1.54, 1.807) is 4.90 Å². The first-order chi connectivity index (χ1) is 13.1. The third-order valence-electron chi connectivity index (χ3n) is 4.50. The topological polar surface area (TPSA) is 58.6 Å². The molecule has 5 nitrogen and oxygen atoms in total. The molecule has 2 aromatic carbocycles. The Kier molecular flexibility index (Phi) is 6.50. The first kappa shape index (κ1) is 19.4. The van der Waals surface area contributed by atoms with E-state index in [4.69, 9.17) is 4.74 Å². The summed E-state index contributed by atoms with van der Waals surface area (Å²) in [6.45, 7) is 3.60. The number of rotatable bonds is 7. The van der Waals surface area contributed by atoms with Crippen molar-refractivity contribution < 1.29 is 14.3 Å². The van der Waals surface area contributed by atoms with Crippen LogP contribution in [0.1, 0.15) is 25.3 Å². The van der Waals surface area contributed by atoms with Crippen LogP contribution in [0.3, 0.4) is 0 Å². The highest BCUT2D eigenvalue weighted by atomic mass is 79.9. The number of halogens is 1. The van der Waals surface area contributed by atoms with Gasteiger partial charge in [0.25, 0.3) is 0 Å². The molecule has 0 radical (unpaired) electrons. The Balaban J connectivity index is 1.54. The van der Waals surface area contributed by atoms with Crippen LogP contribution in [0.25, 0.3) is 0 Å². The van der Waals surface area contributed by atoms with Gasteiger partial charge in [-0.1, -0.05) is 31.2 Å². The van der Waals surface area contributed by atoms with Gasteiger partial charge in [0.15, 0.2) is 0 Å². The van der Waals surface area contributed by atoms with Gasteiger partial charge in [-0.25, -0.2) is 0 Å². The highest BCUT2D eigenvalue weighted by Gasteiger charge is 2.35. The number of carbonyl (C=O) groups excluding carboxylic acids is 2. The lowest BCUT2D eigenvalue weighted by molar-refractivity contribution is -0.126. The summed E-state index contributed by atoms with van der Waals surface area (Å²) in [6, 6.07) is 15.3. The van der Waals surface area contributed by atoms with Gasteiger partial charge in [0.2, 0.25) is 11.8 Å². The molecular formula is C21H23BrN2O3. The molecule has 1 N–H and O–H groups in total. The molecule has 0 spiro atoms. The smallest absolute Gasteiger partial charge is 0.227 e. The summed E-state index contributed by atoms with van der Waals surface area (Å²) in [5.74, 6) is 0.373. The van der Waals surface area contributed by atoms with Crippen molar-refractivity contribution in [2.75, 3.05) is 18.1 Å². The Hall–Kier alpha value is -2.34. The van der Waals surface area contributed by atoms with Gasteiger partial charge in [0.1, 0.15) is 5.75 Å². The molecule has 0 saturated carbocycles. The molecule has 1 saturated heterocycles. The highest BCUT2D eigenvalue weighted by Crippen LogP contribution is 2.31. The maximum absolute atomic E-state index is 12.5. The molecule has 6 heteroatoms. The van der Waals surface area contributed by atoms with Crippen molar-refractivity contribution in [2.24, 2.45) is 5.92 Å². The zero-order chi connectivity index (χ0) is 19.2. The number of benzene rings is 2. The van der Waals surface area contributed by atoms with Crippen LogP contribution < -0.4 is 15.0 Å². The van der Waals surface area contributed by atoms with Gasteiger partial charge in [-0.15, -0.1) is 0 Å². The Morgan fingerprint density at radius 3 is 2.67 bits per heavy atom. The van der Waals surface area contributed by atoms with Crippen LogP contribution in [-0.4, -0.2) is 25.0 Å². The molecule has 1 fully saturated rings. The lowest BCUT2D eigenvalue weighted by Crippen LogP contribution is -2.32. The highest BCUT2D eigenvalue weighted by molar-refractivity contribution is 9.10. The summed E-state index contributed by atoms with van der Waals surface area (Å²) in [6.07, 6.45) is 1.20. The number of hydrogen-bond acceptors (Lipinski definition) is 3. The average Bonchev–Trinajstić information content (AvgIpc) is 3.07. The van der Waals surface area contributed by atoms with Crippen molar-refractivity contribution in [3.05, 3.63) is 58.6 Å². The van der Waals surface area contributed by atoms with Gasteiger partial charge in [-0.2, -0.15) is 0 Å². The van der Waals surface area contributed by atoms with Gasteiger partial charge in [0.05, 0.1) is 18.2 Å². The second-order valence-electron chi connectivity index (χ2n) is 6.57. The van der Waals surface area contributed by atoms with E-state index in [1.165, 1.54) is 0 Å². The molecule has 142 valence electrons. The number of anilines is 1. The van der Waals surface area contributed by atoms with Gasteiger partial charge in [-0.3, -0.25) is 9.59 Å². The van der Waals surface area contributed by atoms with Gasteiger partial charge >= 0.3 is 0 Å². The fourth-order valence-electron chi connectivity index (χ4n) is 3.04. The van der Waals surface area contributed by atoms with E-state index in [1.807, 2.05) is 48.5 Å². The lowest BCUT2D eigenvalue weighted by atomic mass is 10.1. The molecule has 0 bridgehead atoms. The van der Waals surface area contributed by atoms with Gasteiger partial charge in [-0.05, 0) is 52.2 Å². The van der Waals surface area contributed by atoms with E-state index in [0.29, 0.717) is 19.7 Å². The van der Waals surface area contributed by atoms with E-state index in [-0.39, 0.29) is 24.2 Å². The molecule has 1 aliphatic rings. The quantitative estimate of drug-likeness (QED) is 0.724. The standard InChI is InChI=1S/C21H23BrN2O3/c1-2-11-27-17-9-7-15(8-10-17)13-23-21(26)16-12-20(25)24(14-16)19-6-4-3-5-18(19)22/h3-10,16H,2,11-14H2,1H3,(H,23,26). The molecule has 3 rings (SSSR count). The Labute approximate surface area is 167 Å². The molecule has 2 amide bonds. The number of carbonyl (C=O) groups is 2. The summed E-state index contributed by atoms with van der Waals surface area (Å²) in [4.78, 5) is 26.5. The molecule has 1 heterocycles. The lowest BCUT2D eigenvalue weighted by Gasteiger charge is -2.18. The number of para-hydroxylation sites is 1. The second kappa shape index (κ2) is 9.04. The number of nitrogens with one attached hydrogen (secondary N) is 1. The average molecular weight is 431 g/mol. The van der Waals surface area contributed by atoms with E-state index in [2.05, 4.69) is 28.2 Å². The normalized spacial score (nSPS) is 16.4. The molecule has 27 heavy (non-hydrogen) atoms. The molecule has 2 aromatic rings. The van der Waals surface area contributed by atoms with Crippen LogP contribution in [0.15, 0.2) is 53.0 Å². The van der Waals surface area contributed by atoms with E-state index >= 15 is 0 Å². The summed E-state index contributed by atoms with van der Waals surface area (Å²) >= 11 is 3.47. The Morgan fingerprint density at radius 2 is 1.96 bits per heavy atom. The Morgan fingerprint density at radius 1 is 1.22 bits per heavy atom. The maximum atomic E-state index is 12.5. The third-order valence-corrected chi connectivity index (χ3v) is 5.17. The summed E-state index contributed by atoms with van der Waals surface area (Å²) in [7, 11) is 0. The van der Waals surface area contributed by atoms with Crippen LogP contribution in [0.4, 0.5) is 5.69 Å². The van der Waals surface area contributed by atoms with E-state index < -0.39 is 0 Å². The van der Waals surface area contributed by atoms with Crippen molar-refractivity contribution in [1.29, 1.82) is 0 Å². The zero-order valence-corrected chi connectivity index (χ0v) is 16.9. The van der Waals surface area contributed by atoms with E-state index in [0.717, 1.165) is 27.9 Å². The van der Waals surface area contributed by atoms with E-state index in [9.17, 15) is 9.59 Å². The first-order valence-corrected chi connectivity index (χ1v) is 9.92. The summed E-state index contributed by atoms with van der Waals surface area (Å²) in [5.41, 5.74) is 1.81. The fraction of sp³-hybridized carbons (Fsp3) is 0.333. The number of nitrogens with zero attached hydrogens (tertiary/aromatic N) is 1. The van der Waals surface area contributed by atoms with Gasteiger partial charge < -0.3 is 15.0 Å². The second-order valence-corrected chi connectivity index (χ2v) is 7.42. The van der Waals surface area contributed by atoms with Crippen molar-refractivity contribution in [1.82, 2.24) is 5.32 Å².